The first-order valence-electron chi connectivity index (χ1n) is 7.01. The van der Waals surface area contributed by atoms with Crippen LogP contribution in [0.15, 0.2) is 24.3 Å². The van der Waals surface area contributed by atoms with Crippen LogP contribution in [0.5, 0.6) is 0 Å². The molecule has 0 aliphatic heterocycles. The van der Waals surface area contributed by atoms with E-state index in [9.17, 15) is 9.59 Å². The van der Waals surface area contributed by atoms with Crippen LogP contribution in [0, 0.1) is 5.92 Å². The summed E-state index contributed by atoms with van der Waals surface area (Å²) in [7, 11) is 0. The number of carboxylic acids is 1. The maximum Gasteiger partial charge on any atom is 0.315 e. The molecule has 2 aliphatic rings. The van der Waals surface area contributed by atoms with E-state index in [0.29, 0.717) is 24.8 Å². The molecule has 5 nitrogen and oxygen atoms in total. The Labute approximate surface area is 117 Å². The lowest BCUT2D eigenvalue weighted by Gasteiger charge is -2.10. The van der Waals surface area contributed by atoms with E-state index in [0.717, 1.165) is 6.42 Å². The van der Waals surface area contributed by atoms with Crippen molar-refractivity contribution in [1.82, 2.24) is 10.6 Å². The smallest absolute Gasteiger partial charge is 0.315 e. The van der Waals surface area contributed by atoms with E-state index in [2.05, 4.69) is 28.8 Å². The van der Waals surface area contributed by atoms with Gasteiger partial charge in [-0.05, 0) is 29.9 Å². The number of amides is 2. The number of benzene rings is 1. The highest BCUT2D eigenvalue weighted by molar-refractivity contribution is 5.75. The maximum absolute atomic E-state index is 11.7. The molecule has 1 aromatic carbocycles. The Hall–Kier alpha value is -2.04. The molecule has 3 N–H and O–H groups in total. The highest BCUT2D eigenvalue weighted by Crippen LogP contribution is 2.56. The molecule has 1 aromatic rings. The minimum atomic E-state index is -0.833. The second kappa shape index (κ2) is 5.15. The van der Waals surface area contributed by atoms with Gasteiger partial charge < -0.3 is 15.7 Å². The average molecular weight is 274 g/mol. The van der Waals surface area contributed by atoms with Gasteiger partial charge in [-0.1, -0.05) is 24.3 Å². The van der Waals surface area contributed by atoms with Crippen LogP contribution in [0.25, 0.3) is 0 Å². The van der Waals surface area contributed by atoms with Crippen molar-refractivity contribution in [1.29, 1.82) is 0 Å². The minimum Gasteiger partial charge on any atom is -0.481 e. The number of nitrogens with one attached hydrogen (secondary N) is 2. The lowest BCUT2D eigenvalue weighted by Crippen LogP contribution is -2.38. The quantitative estimate of drug-likeness (QED) is 0.712. The molecule has 0 heterocycles. The molecule has 5 heteroatoms. The molecule has 0 saturated heterocycles. The van der Waals surface area contributed by atoms with Gasteiger partial charge in [0.15, 0.2) is 0 Å². The Kier molecular flexibility index (Phi) is 3.34. The third-order valence-corrected chi connectivity index (χ3v) is 4.19. The van der Waals surface area contributed by atoms with Gasteiger partial charge in [0.2, 0.25) is 0 Å². The first kappa shape index (κ1) is 13.0. The number of carbonyl (C=O) groups is 2. The van der Waals surface area contributed by atoms with E-state index >= 15 is 0 Å². The van der Waals surface area contributed by atoms with Crippen LogP contribution in [-0.2, 0) is 11.2 Å². The monoisotopic (exact) mass is 274 g/mol. The van der Waals surface area contributed by atoms with Crippen LogP contribution in [-0.4, -0.2) is 29.7 Å². The fourth-order valence-corrected chi connectivity index (χ4v) is 3.19. The maximum atomic E-state index is 11.7. The van der Waals surface area contributed by atoms with Crippen LogP contribution in [0.4, 0.5) is 4.79 Å². The highest BCUT2D eigenvalue weighted by atomic mass is 16.4. The molecule has 2 amide bonds. The molecule has 0 radical (unpaired) electrons. The van der Waals surface area contributed by atoms with Gasteiger partial charge in [-0.25, -0.2) is 4.79 Å². The Bertz CT molecular complexity index is 544. The zero-order valence-corrected chi connectivity index (χ0v) is 11.1. The molecule has 0 aromatic heterocycles. The summed E-state index contributed by atoms with van der Waals surface area (Å²) in [6.45, 7) is 0.400. The van der Waals surface area contributed by atoms with Gasteiger partial charge in [0.05, 0.1) is 0 Å². The number of hydrogen-bond donors (Lipinski definition) is 3. The van der Waals surface area contributed by atoms with E-state index in [-0.39, 0.29) is 18.5 Å². The van der Waals surface area contributed by atoms with Crippen LogP contribution < -0.4 is 10.6 Å². The van der Waals surface area contributed by atoms with Gasteiger partial charge >= 0.3 is 12.0 Å². The van der Waals surface area contributed by atoms with Crippen LogP contribution in [0.2, 0.25) is 0 Å². The van der Waals surface area contributed by atoms with Gasteiger partial charge in [-0.2, -0.15) is 0 Å². The zero-order chi connectivity index (χ0) is 14.1. The average Bonchev–Trinajstić information content (AvgIpc) is 2.93. The number of fused-ring (bicyclic) bond motifs is 3. The third-order valence-electron chi connectivity index (χ3n) is 4.19. The summed E-state index contributed by atoms with van der Waals surface area (Å²) < 4.78 is 0. The van der Waals surface area contributed by atoms with E-state index in [1.807, 2.05) is 6.07 Å². The van der Waals surface area contributed by atoms with Crippen molar-refractivity contribution in [2.45, 2.75) is 31.2 Å². The lowest BCUT2D eigenvalue weighted by molar-refractivity contribution is -0.137. The van der Waals surface area contributed by atoms with Crippen LogP contribution in [0.1, 0.15) is 29.9 Å². The largest absolute Gasteiger partial charge is 0.481 e. The van der Waals surface area contributed by atoms with E-state index < -0.39 is 5.97 Å². The van der Waals surface area contributed by atoms with Crippen molar-refractivity contribution in [2.75, 3.05) is 6.54 Å². The number of carboxylic acid groups (broad SMARTS) is 1. The Morgan fingerprint density at radius 1 is 1.30 bits per heavy atom. The Balaban J connectivity index is 1.43. The second-order valence-electron chi connectivity index (χ2n) is 5.52. The lowest BCUT2D eigenvalue weighted by atomic mass is 10.1. The molecule has 2 aliphatic carbocycles. The fourth-order valence-electron chi connectivity index (χ4n) is 3.19. The molecule has 106 valence electrons. The fraction of sp³-hybridized carbons (Fsp3) is 0.467. The summed E-state index contributed by atoms with van der Waals surface area (Å²) in [5.41, 5.74) is 2.77. The predicted molar refractivity (Wildman–Crippen MR) is 73.6 cm³/mol. The molecular formula is C15H18N2O3. The van der Waals surface area contributed by atoms with Crippen molar-refractivity contribution in [3.05, 3.63) is 35.4 Å². The summed E-state index contributed by atoms with van der Waals surface area (Å²) in [5.74, 6) is 0.175. The summed E-state index contributed by atoms with van der Waals surface area (Å²) in [4.78, 5) is 22.1. The predicted octanol–water partition coefficient (Wildman–Crippen LogP) is 1.49. The van der Waals surface area contributed by atoms with Crippen molar-refractivity contribution < 1.29 is 14.7 Å². The van der Waals surface area contributed by atoms with Gasteiger partial charge in [-0.15, -0.1) is 0 Å². The van der Waals surface area contributed by atoms with Crippen molar-refractivity contribution in [3.8, 4) is 0 Å². The summed E-state index contributed by atoms with van der Waals surface area (Å²) in [6.07, 6.45) is 1.59. The Morgan fingerprint density at radius 2 is 2.10 bits per heavy atom. The summed E-state index contributed by atoms with van der Waals surface area (Å²) in [6, 6.07) is 8.46. The number of carbonyl (C=O) groups excluding carboxylic acids is 1. The third kappa shape index (κ3) is 2.48. The van der Waals surface area contributed by atoms with Gasteiger partial charge in [-0.3, -0.25) is 4.79 Å². The van der Waals surface area contributed by atoms with Crippen LogP contribution >= 0.6 is 0 Å². The molecule has 1 saturated carbocycles. The molecule has 3 atom stereocenters. The SMILES string of the molecule is O=C(O)CCCNC(=O)NC1C2Cc3ccccc3C21. The minimum absolute atomic E-state index is 0.0856. The van der Waals surface area contributed by atoms with E-state index in [4.69, 9.17) is 5.11 Å². The number of aliphatic carboxylic acids is 1. The normalized spacial score (nSPS) is 25.5. The van der Waals surface area contributed by atoms with Crippen molar-refractivity contribution in [2.24, 2.45) is 5.92 Å². The summed E-state index contributed by atoms with van der Waals surface area (Å²) >= 11 is 0. The van der Waals surface area contributed by atoms with E-state index in [1.165, 1.54) is 11.1 Å². The standard InChI is InChI=1S/C15H18N2O3/c18-12(19)6-3-7-16-15(20)17-14-11-8-9-4-1-2-5-10(9)13(11)14/h1-2,4-5,11,13-14H,3,6-8H2,(H,18,19)(H2,16,17,20). The van der Waals surface area contributed by atoms with Crippen LogP contribution in [0.3, 0.4) is 0 Å². The van der Waals surface area contributed by atoms with Crippen molar-refractivity contribution in [3.63, 3.8) is 0 Å². The van der Waals surface area contributed by atoms with Gasteiger partial charge in [0, 0.05) is 24.9 Å². The highest BCUT2D eigenvalue weighted by Gasteiger charge is 2.56. The first-order valence-corrected chi connectivity index (χ1v) is 7.01. The second-order valence-corrected chi connectivity index (χ2v) is 5.52. The topological polar surface area (TPSA) is 78.4 Å². The van der Waals surface area contributed by atoms with Crippen molar-refractivity contribution >= 4 is 12.0 Å². The Morgan fingerprint density at radius 3 is 2.90 bits per heavy atom. The molecular weight excluding hydrogens is 256 g/mol. The molecule has 0 bridgehead atoms. The molecule has 1 fully saturated rings. The number of urea groups is 1. The molecule has 3 unspecified atom stereocenters. The van der Waals surface area contributed by atoms with Gasteiger partial charge in [0.25, 0.3) is 0 Å². The number of rotatable bonds is 5. The molecule has 20 heavy (non-hydrogen) atoms. The first-order chi connectivity index (χ1) is 9.66. The number of hydrogen-bond acceptors (Lipinski definition) is 2. The zero-order valence-electron chi connectivity index (χ0n) is 11.1. The molecule has 3 rings (SSSR count). The van der Waals surface area contributed by atoms with Gasteiger partial charge in [0.1, 0.15) is 0 Å². The molecule has 0 spiro atoms. The van der Waals surface area contributed by atoms with E-state index in [1.54, 1.807) is 0 Å². The summed E-state index contributed by atoms with van der Waals surface area (Å²) in [5, 5.41) is 14.2.